The number of likely N-dealkylation sites (N-methyl/N-ethyl adjacent to an activating group) is 1. The quantitative estimate of drug-likeness (QED) is 0.803. The summed E-state index contributed by atoms with van der Waals surface area (Å²) in [5.74, 6) is -0.0110. The third-order valence-corrected chi connectivity index (χ3v) is 5.53. The normalized spacial score (nSPS) is 15.1. The Kier molecular flexibility index (Phi) is 6.34. The van der Waals surface area contributed by atoms with E-state index < -0.39 is 5.54 Å². The summed E-state index contributed by atoms with van der Waals surface area (Å²) >= 11 is 0. The maximum Gasteiger partial charge on any atom is 0.315 e. The van der Waals surface area contributed by atoms with Crippen LogP contribution in [0.25, 0.3) is 0 Å². The molecule has 1 aliphatic carbocycles. The standard InChI is InChI=1S/C23H29N3O2/c1-18-10-6-7-13-20(18)17-26(2)21(27)23(14-8-9-15-23)25-22(28)24-16-19-11-4-3-5-12-19/h3-7,10-13H,8-9,14-17H2,1-2H3,(H2,24,25,28). The lowest BCUT2D eigenvalue weighted by Gasteiger charge is -2.33. The predicted octanol–water partition coefficient (Wildman–Crippen LogP) is 3.77. The van der Waals surface area contributed by atoms with Gasteiger partial charge in [-0.2, -0.15) is 0 Å². The van der Waals surface area contributed by atoms with Crippen LogP contribution in [0.1, 0.15) is 42.4 Å². The van der Waals surface area contributed by atoms with Crippen molar-refractivity contribution in [2.24, 2.45) is 0 Å². The summed E-state index contributed by atoms with van der Waals surface area (Å²) in [5, 5.41) is 5.88. The number of benzene rings is 2. The zero-order valence-electron chi connectivity index (χ0n) is 16.7. The van der Waals surface area contributed by atoms with Gasteiger partial charge in [0, 0.05) is 20.1 Å². The van der Waals surface area contributed by atoms with Crippen LogP contribution >= 0.6 is 0 Å². The van der Waals surface area contributed by atoms with E-state index in [2.05, 4.69) is 10.6 Å². The van der Waals surface area contributed by atoms with Crippen molar-refractivity contribution in [3.05, 3.63) is 71.3 Å². The third-order valence-electron chi connectivity index (χ3n) is 5.53. The van der Waals surface area contributed by atoms with E-state index in [1.54, 1.807) is 4.90 Å². The van der Waals surface area contributed by atoms with Crippen LogP contribution in [0.5, 0.6) is 0 Å². The Morgan fingerprint density at radius 1 is 1.00 bits per heavy atom. The van der Waals surface area contributed by atoms with E-state index in [1.165, 1.54) is 0 Å². The highest BCUT2D eigenvalue weighted by Crippen LogP contribution is 2.31. The smallest absolute Gasteiger partial charge is 0.315 e. The van der Waals surface area contributed by atoms with Crippen molar-refractivity contribution in [1.82, 2.24) is 15.5 Å². The van der Waals surface area contributed by atoms with Crippen LogP contribution in [0.4, 0.5) is 4.79 Å². The number of nitrogens with one attached hydrogen (secondary N) is 2. The molecule has 3 rings (SSSR count). The number of rotatable bonds is 6. The largest absolute Gasteiger partial charge is 0.339 e. The molecule has 28 heavy (non-hydrogen) atoms. The van der Waals surface area contributed by atoms with Gasteiger partial charge in [-0.15, -0.1) is 0 Å². The molecule has 3 amide bonds. The first-order valence-corrected chi connectivity index (χ1v) is 9.90. The summed E-state index contributed by atoms with van der Waals surface area (Å²) in [6.07, 6.45) is 3.26. The lowest BCUT2D eigenvalue weighted by Crippen LogP contribution is -2.59. The third kappa shape index (κ3) is 4.71. The summed E-state index contributed by atoms with van der Waals surface area (Å²) in [7, 11) is 1.82. The SMILES string of the molecule is Cc1ccccc1CN(C)C(=O)C1(NC(=O)NCc2ccccc2)CCCC1. The number of carbonyl (C=O) groups excluding carboxylic acids is 2. The summed E-state index contributed by atoms with van der Waals surface area (Å²) in [6.45, 7) is 3.03. The Morgan fingerprint density at radius 3 is 2.32 bits per heavy atom. The van der Waals surface area contributed by atoms with Gasteiger partial charge in [0.1, 0.15) is 5.54 Å². The van der Waals surface area contributed by atoms with Gasteiger partial charge in [0.25, 0.3) is 0 Å². The topological polar surface area (TPSA) is 61.4 Å². The molecular weight excluding hydrogens is 350 g/mol. The van der Waals surface area contributed by atoms with Gasteiger partial charge in [0.2, 0.25) is 5.91 Å². The number of carbonyl (C=O) groups is 2. The van der Waals surface area contributed by atoms with Gasteiger partial charge in [-0.1, -0.05) is 67.4 Å². The van der Waals surface area contributed by atoms with Gasteiger partial charge in [-0.05, 0) is 36.5 Å². The van der Waals surface area contributed by atoms with Gasteiger partial charge < -0.3 is 15.5 Å². The molecule has 0 radical (unpaired) electrons. The van der Waals surface area contributed by atoms with Crippen molar-refractivity contribution < 1.29 is 9.59 Å². The maximum atomic E-state index is 13.3. The maximum absolute atomic E-state index is 13.3. The number of hydrogen-bond acceptors (Lipinski definition) is 2. The van der Waals surface area contributed by atoms with Crippen LogP contribution in [-0.4, -0.2) is 29.4 Å². The predicted molar refractivity (Wildman–Crippen MR) is 111 cm³/mol. The monoisotopic (exact) mass is 379 g/mol. The molecule has 2 aromatic rings. The van der Waals surface area contributed by atoms with Gasteiger partial charge >= 0.3 is 6.03 Å². The molecule has 0 aromatic heterocycles. The van der Waals surface area contributed by atoms with E-state index in [0.29, 0.717) is 25.9 Å². The molecule has 2 N–H and O–H groups in total. The lowest BCUT2D eigenvalue weighted by atomic mass is 9.95. The number of urea groups is 1. The number of amides is 3. The Bertz CT molecular complexity index is 814. The van der Waals surface area contributed by atoms with Crippen LogP contribution in [0.3, 0.4) is 0 Å². The van der Waals surface area contributed by atoms with E-state index in [0.717, 1.165) is 29.5 Å². The average Bonchev–Trinajstić information content (AvgIpc) is 3.18. The van der Waals surface area contributed by atoms with E-state index in [4.69, 9.17) is 0 Å². The summed E-state index contributed by atoms with van der Waals surface area (Å²) in [6, 6.07) is 17.5. The fourth-order valence-electron chi connectivity index (χ4n) is 3.89. The molecule has 148 valence electrons. The highest BCUT2D eigenvalue weighted by Gasteiger charge is 2.44. The average molecular weight is 380 g/mol. The Hall–Kier alpha value is -2.82. The van der Waals surface area contributed by atoms with Gasteiger partial charge in [-0.25, -0.2) is 4.79 Å². The molecule has 5 heteroatoms. The highest BCUT2D eigenvalue weighted by atomic mass is 16.2. The Balaban J connectivity index is 1.64. The van der Waals surface area contributed by atoms with E-state index in [1.807, 2.05) is 68.6 Å². The van der Waals surface area contributed by atoms with Crippen LogP contribution < -0.4 is 10.6 Å². The minimum Gasteiger partial charge on any atom is -0.339 e. The molecule has 2 aromatic carbocycles. The molecule has 1 aliphatic rings. The van der Waals surface area contributed by atoms with Crippen molar-refractivity contribution in [3.63, 3.8) is 0 Å². The van der Waals surface area contributed by atoms with E-state index >= 15 is 0 Å². The second-order valence-electron chi connectivity index (χ2n) is 7.67. The summed E-state index contributed by atoms with van der Waals surface area (Å²) in [5.41, 5.74) is 2.51. The van der Waals surface area contributed by atoms with Crippen LogP contribution in [0, 0.1) is 6.92 Å². The fourth-order valence-corrected chi connectivity index (χ4v) is 3.89. The molecule has 0 atom stereocenters. The van der Waals surface area contributed by atoms with Crippen molar-refractivity contribution in [2.75, 3.05) is 7.05 Å². The molecule has 0 aliphatic heterocycles. The van der Waals surface area contributed by atoms with Crippen molar-refractivity contribution in [1.29, 1.82) is 0 Å². The van der Waals surface area contributed by atoms with Crippen LogP contribution in [0.2, 0.25) is 0 Å². The molecule has 1 fully saturated rings. The molecular formula is C23H29N3O2. The number of hydrogen-bond donors (Lipinski definition) is 2. The zero-order chi connectivity index (χ0) is 20.0. The second kappa shape index (κ2) is 8.91. The molecule has 0 heterocycles. The fraction of sp³-hybridized carbons (Fsp3) is 0.391. The summed E-state index contributed by atoms with van der Waals surface area (Å²) < 4.78 is 0. The highest BCUT2D eigenvalue weighted by molar-refractivity contribution is 5.91. The summed E-state index contributed by atoms with van der Waals surface area (Å²) in [4.78, 5) is 27.5. The number of aryl methyl sites for hydroxylation is 1. The molecule has 0 unspecified atom stereocenters. The van der Waals surface area contributed by atoms with E-state index in [-0.39, 0.29) is 11.9 Å². The van der Waals surface area contributed by atoms with Gasteiger partial charge in [0.05, 0.1) is 0 Å². The number of nitrogens with zero attached hydrogens (tertiary/aromatic N) is 1. The Morgan fingerprint density at radius 2 is 1.64 bits per heavy atom. The first-order valence-electron chi connectivity index (χ1n) is 9.90. The van der Waals surface area contributed by atoms with Crippen molar-refractivity contribution in [2.45, 2.75) is 51.2 Å². The molecule has 0 saturated heterocycles. The first-order chi connectivity index (χ1) is 13.5. The molecule has 0 spiro atoms. The first kappa shape index (κ1) is 19.9. The van der Waals surface area contributed by atoms with Crippen molar-refractivity contribution >= 4 is 11.9 Å². The van der Waals surface area contributed by atoms with Crippen LogP contribution in [0.15, 0.2) is 54.6 Å². The van der Waals surface area contributed by atoms with Gasteiger partial charge in [0.15, 0.2) is 0 Å². The zero-order valence-corrected chi connectivity index (χ0v) is 16.7. The minimum atomic E-state index is -0.807. The molecule has 5 nitrogen and oxygen atoms in total. The minimum absolute atomic E-state index is 0.0110. The molecule has 0 bridgehead atoms. The second-order valence-corrected chi connectivity index (χ2v) is 7.67. The lowest BCUT2D eigenvalue weighted by molar-refractivity contribution is -0.137. The van der Waals surface area contributed by atoms with Gasteiger partial charge in [-0.3, -0.25) is 4.79 Å². The van der Waals surface area contributed by atoms with Crippen LogP contribution in [-0.2, 0) is 17.9 Å². The van der Waals surface area contributed by atoms with Crippen molar-refractivity contribution in [3.8, 4) is 0 Å². The van der Waals surface area contributed by atoms with E-state index in [9.17, 15) is 9.59 Å². The Labute approximate surface area is 167 Å². The molecule has 1 saturated carbocycles.